The molecule has 0 heterocycles. The van der Waals surface area contributed by atoms with Gasteiger partial charge in [-0.25, -0.2) is 4.39 Å². The SMILES string of the molecule is NC(Cc1c(F)cccc1Cl)c1cccc(Cl)c1Cl. The second-order valence-electron chi connectivity index (χ2n) is 4.15. The Morgan fingerprint density at radius 3 is 2.32 bits per heavy atom. The van der Waals surface area contributed by atoms with Crippen molar-refractivity contribution in [3.63, 3.8) is 0 Å². The van der Waals surface area contributed by atoms with Gasteiger partial charge in [-0.3, -0.25) is 0 Å². The predicted octanol–water partition coefficient (Wildman–Crippen LogP) is 5.03. The van der Waals surface area contributed by atoms with Gasteiger partial charge in [0.25, 0.3) is 0 Å². The van der Waals surface area contributed by atoms with E-state index in [4.69, 9.17) is 40.5 Å². The largest absolute Gasteiger partial charge is 0.324 e. The van der Waals surface area contributed by atoms with Gasteiger partial charge in [0.15, 0.2) is 0 Å². The molecule has 0 aliphatic carbocycles. The standard InChI is InChI=1S/C14H11Cl3FN/c15-10-4-2-6-12(18)9(10)7-13(19)8-3-1-5-11(16)14(8)17/h1-6,13H,7,19H2. The third kappa shape index (κ3) is 3.21. The molecule has 0 aliphatic rings. The van der Waals surface area contributed by atoms with Crippen LogP contribution in [-0.4, -0.2) is 0 Å². The molecule has 2 rings (SSSR count). The molecule has 1 nitrogen and oxygen atoms in total. The molecule has 0 bridgehead atoms. The summed E-state index contributed by atoms with van der Waals surface area (Å²) in [5, 5.41) is 1.17. The summed E-state index contributed by atoms with van der Waals surface area (Å²) in [6.07, 6.45) is 0.256. The van der Waals surface area contributed by atoms with E-state index in [1.54, 1.807) is 30.3 Å². The molecule has 5 heteroatoms. The lowest BCUT2D eigenvalue weighted by molar-refractivity contribution is 0.593. The van der Waals surface area contributed by atoms with Crippen molar-refractivity contribution in [3.8, 4) is 0 Å². The molecule has 2 aromatic carbocycles. The van der Waals surface area contributed by atoms with E-state index < -0.39 is 6.04 Å². The lowest BCUT2D eigenvalue weighted by atomic mass is 9.99. The van der Waals surface area contributed by atoms with Crippen molar-refractivity contribution in [2.24, 2.45) is 5.73 Å². The first-order chi connectivity index (χ1) is 9.00. The second-order valence-corrected chi connectivity index (χ2v) is 5.35. The zero-order valence-electron chi connectivity index (χ0n) is 9.84. The Morgan fingerprint density at radius 1 is 1.00 bits per heavy atom. The quantitative estimate of drug-likeness (QED) is 0.844. The van der Waals surface area contributed by atoms with Gasteiger partial charge in [-0.1, -0.05) is 53.0 Å². The maximum atomic E-state index is 13.7. The number of halogens is 4. The summed E-state index contributed by atoms with van der Waals surface area (Å²) in [7, 11) is 0. The van der Waals surface area contributed by atoms with Crippen LogP contribution in [0.15, 0.2) is 36.4 Å². The van der Waals surface area contributed by atoms with Crippen molar-refractivity contribution in [2.75, 3.05) is 0 Å². The molecule has 2 N–H and O–H groups in total. The maximum Gasteiger partial charge on any atom is 0.127 e. The molecule has 0 aromatic heterocycles. The van der Waals surface area contributed by atoms with Crippen molar-refractivity contribution in [2.45, 2.75) is 12.5 Å². The smallest absolute Gasteiger partial charge is 0.127 e. The maximum absolute atomic E-state index is 13.7. The van der Waals surface area contributed by atoms with Gasteiger partial charge in [0.05, 0.1) is 10.0 Å². The van der Waals surface area contributed by atoms with Gasteiger partial charge in [-0.2, -0.15) is 0 Å². The highest BCUT2D eigenvalue weighted by Gasteiger charge is 2.16. The molecule has 0 aliphatic heterocycles. The Balaban J connectivity index is 2.31. The number of hydrogen-bond acceptors (Lipinski definition) is 1. The summed E-state index contributed by atoms with van der Waals surface area (Å²) < 4.78 is 13.7. The van der Waals surface area contributed by atoms with Gasteiger partial charge < -0.3 is 5.73 Å². The van der Waals surface area contributed by atoms with Crippen LogP contribution in [0.2, 0.25) is 15.1 Å². The molecule has 0 radical (unpaired) electrons. The molecule has 19 heavy (non-hydrogen) atoms. The second kappa shape index (κ2) is 6.10. The average molecular weight is 319 g/mol. The summed E-state index contributed by atoms with van der Waals surface area (Å²) in [5.74, 6) is -0.374. The third-order valence-electron chi connectivity index (χ3n) is 2.87. The van der Waals surface area contributed by atoms with Gasteiger partial charge in [0.1, 0.15) is 5.82 Å². The number of benzene rings is 2. The van der Waals surface area contributed by atoms with Crippen LogP contribution in [0.25, 0.3) is 0 Å². The van der Waals surface area contributed by atoms with Crippen LogP contribution in [0.4, 0.5) is 4.39 Å². The molecule has 1 atom stereocenters. The lowest BCUT2D eigenvalue weighted by Crippen LogP contribution is -2.15. The van der Waals surface area contributed by atoms with Gasteiger partial charge in [-0.15, -0.1) is 0 Å². The molecule has 2 aromatic rings. The fourth-order valence-corrected chi connectivity index (χ4v) is 2.55. The predicted molar refractivity (Wildman–Crippen MR) is 78.5 cm³/mol. The van der Waals surface area contributed by atoms with Gasteiger partial charge in [0.2, 0.25) is 0 Å². The van der Waals surface area contributed by atoms with E-state index in [1.807, 2.05) is 0 Å². The van der Waals surface area contributed by atoms with Crippen LogP contribution in [0, 0.1) is 5.82 Å². The molecular formula is C14H11Cl3FN. The minimum absolute atomic E-state index is 0.256. The Kier molecular flexibility index (Phi) is 4.69. The minimum atomic E-state index is -0.472. The monoisotopic (exact) mass is 317 g/mol. The van der Waals surface area contributed by atoms with Crippen molar-refractivity contribution >= 4 is 34.8 Å². The number of nitrogens with two attached hydrogens (primary N) is 1. The van der Waals surface area contributed by atoms with Crippen molar-refractivity contribution in [1.29, 1.82) is 0 Å². The molecule has 1 unspecified atom stereocenters. The van der Waals surface area contributed by atoms with Crippen LogP contribution in [0.5, 0.6) is 0 Å². The normalized spacial score (nSPS) is 12.5. The molecule has 0 amide bonds. The van der Waals surface area contributed by atoms with Gasteiger partial charge in [-0.05, 0) is 30.2 Å². The zero-order chi connectivity index (χ0) is 14.0. The van der Waals surface area contributed by atoms with E-state index in [1.165, 1.54) is 6.07 Å². The Hall–Kier alpha value is -0.800. The first-order valence-electron chi connectivity index (χ1n) is 5.63. The van der Waals surface area contributed by atoms with E-state index in [0.717, 1.165) is 0 Å². The van der Waals surface area contributed by atoms with Crippen LogP contribution in [0.1, 0.15) is 17.2 Å². The zero-order valence-corrected chi connectivity index (χ0v) is 12.1. The molecule has 0 saturated carbocycles. The molecule has 0 saturated heterocycles. The van der Waals surface area contributed by atoms with Crippen LogP contribution < -0.4 is 5.73 Å². The number of rotatable bonds is 3. The van der Waals surface area contributed by atoms with Crippen LogP contribution >= 0.6 is 34.8 Å². The van der Waals surface area contributed by atoms with Crippen LogP contribution in [-0.2, 0) is 6.42 Å². The fourth-order valence-electron chi connectivity index (χ4n) is 1.86. The van der Waals surface area contributed by atoms with Crippen molar-refractivity contribution < 1.29 is 4.39 Å². The number of hydrogen-bond donors (Lipinski definition) is 1. The summed E-state index contributed by atoms with van der Waals surface area (Å²) in [6.45, 7) is 0. The lowest BCUT2D eigenvalue weighted by Gasteiger charge is -2.15. The van der Waals surface area contributed by atoms with E-state index in [0.29, 0.717) is 26.2 Å². The van der Waals surface area contributed by atoms with Crippen molar-refractivity contribution in [3.05, 3.63) is 68.4 Å². The first kappa shape index (κ1) is 14.6. The topological polar surface area (TPSA) is 26.0 Å². The summed E-state index contributed by atoms with van der Waals surface area (Å²) in [6, 6.07) is 9.27. The van der Waals surface area contributed by atoms with Crippen molar-refractivity contribution in [1.82, 2.24) is 0 Å². The Morgan fingerprint density at radius 2 is 1.63 bits per heavy atom. The van der Waals surface area contributed by atoms with E-state index in [-0.39, 0.29) is 12.2 Å². The summed E-state index contributed by atoms with van der Waals surface area (Å²) in [4.78, 5) is 0. The van der Waals surface area contributed by atoms with Gasteiger partial charge in [0, 0.05) is 16.6 Å². The first-order valence-corrected chi connectivity index (χ1v) is 6.76. The average Bonchev–Trinajstić information content (AvgIpc) is 2.37. The highest BCUT2D eigenvalue weighted by Crippen LogP contribution is 2.32. The Labute approximate surface area is 126 Å². The Bertz CT molecular complexity index is 581. The third-order valence-corrected chi connectivity index (χ3v) is 4.05. The molecule has 0 fully saturated rings. The summed E-state index contributed by atoms with van der Waals surface area (Å²) in [5.41, 5.74) is 7.12. The van der Waals surface area contributed by atoms with Crippen LogP contribution in [0.3, 0.4) is 0 Å². The van der Waals surface area contributed by atoms with Gasteiger partial charge >= 0.3 is 0 Å². The van der Waals surface area contributed by atoms with E-state index in [9.17, 15) is 4.39 Å². The highest BCUT2D eigenvalue weighted by atomic mass is 35.5. The molecule has 100 valence electrons. The highest BCUT2D eigenvalue weighted by molar-refractivity contribution is 6.42. The summed E-state index contributed by atoms with van der Waals surface area (Å²) >= 11 is 18.0. The van der Waals surface area contributed by atoms with E-state index in [2.05, 4.69) is 0 Å². The minimum Gasteiger partial charge on any atom is -0.324 e. The molecular weight excluding hydrogens is 308 g/mol. The fraction of sp³-hybridized carbons (Fsp3) is 0.143. The van der Waals surface area contributed by atoms with E-state index >= 15 is 0 Å². The molecule has 0 spiro atoms.